The number of hydrogen-bond acceptors (Lipinski definition) is 3. The second-order valence-corrected chi connectivity index (χ2v) is 10.6. The molecule has 7 heteroatoms. The Morgan fingerprint density at radius 2 is 1.59 bits per heavy atom. The zero-order valence-electron chi connectivity index (χ0n) is 22.2. The highest BCUT2D eigenvalue weighted by atomic mass is 35.5. The van der Waals surface area contributed by atoms with Gasteiger partial charge in [-0.2, -0.15) is 0 Å². The molecule has 1 fully saturated rings. The minimum Gasteiger partial charge on any atom is -0.449 e. The molecule has 3 atom stereocenters. The smallest absolute Gasteiger partial charge is 0.409 e. The molecule has 1 aliphatic heterocycles. The molecule has 3 aromatic rings. The summed E-state index contributed by atoms with van der Waals surface area (Å²) in [4.78, 5) is 16.0. The first-order valence-electron chi connectivity index (χ1n) is 12.7. The van der Waals surface area contributed by atoms with Gasteiger partial charge in [0, 0.05) is 38.1 Å². The van der Waals surface area contributed by atoms with Crippen LogP contribution < -0.4 is 5.30 Å². The van der Waals surface area contributed by atoms with Crippen LogP contribution in [0.4, 0.5) is 9.18 Å². The van der Waals surface area contributed by atoms with Crippen LogP contribution in [0.5, 0.6) is 0 Å². The fraction of sp³-hybridized carbons (Fsp3) is 0.367. The molecule has 3 unspecified atom stereocenters. The highest BCUT2D eigenvalue weighted by molar-refractivity contribution is 7.27. The van der Waals surface area contributed by atoms with Crippen molar-refractivity contribution in [1.82, 2.24) is 9.80 Å². The number of ether oxygens (including phenoxy) is 1. The van der Waals surface area contributed by atoms with E-state index in [4.69, 9.17) is 16.3 Å². The molecule has 4 rings (SSSR count). The largest absolute Gasteiger partial charge is 0.449 e. The molecule has 37 heavy (non-hydrogen) atoms. The molecule has 1 aliphatic rings. The molecular weight excluding hydrogens is 506 g/mol. The van der Waals surface area contributed by atoms with E-state index in [0.29, 0.717) is 5.02 Å². The molecule has 0 saturated carbocycles. The van der Waals surface area contributed by atoms with Gasteiger partial charge in [0.05, 0.1) is 6.04 Å². The second kappa shape index (κ2) is 13.4. The number of likely N-dealkylation sites (tertiary alicyclic amines) is 1. The SMILES string of the molecule is CC.Cc1ccc(C(c2ccc(Cl)cc2)N2CC(C(COC(=O)N(C)C)c3cc(F)cc(P)c3)C2)cc1. The zero-order valence-corrected chi connectivity index (χ0v) is 24.2. The van der Waals surface area contributed by atoms with Crippen LogP contribution in [-0.4, -0.2) is 49.7 Å². The van der Waals surface area contributed by atoms with Crippen molar-refractivity contribution >= 4 is 32.2 Å². The van der Waals surface area contributed by atoms with Crippen molar-refractivity contribution in [3.63, 3.8) is 0 Å². The lowest BCUT2D eigenvalue weighted by molar-refractivity contribution is 0.0284. The molecule has 0 aliphatic carbocycles. The Morgan fingerprint density at radius 1 is 1.03 bits per heavy atom. The van der Waals surface area contributed by atoms with Crippen molar-refractivity contribution < 1.29 is 13.9 Å². The van der Waals surface area contributed by atoms with E-state index < -0.39 is 6.09 Å². The van der Waals surface area contributed by atoms with Crippen molar-refractivity contribution in [2.45, 2.75) is 32.7 Å². The molecule has 1 heterocycles. The first-order chi connectivity index (χ1) is 17.7. The van der Waals surface area contributed by atoms with Gasteiger partial charge >= 0.3 is 6.09 Å². The molecule has 4 nitrogen and oxygen atoms in total. The van der Waals surface area contributed by atoms with E-state index in [1.807, 2.05) is 32.0 Å². The van der Waals surface area contributed by atoms with Gasteiger partial charge in [-0.3, -0.25) is 4.90 Å². The van der Waals surface area contributed by atoms with Gasteiger partial charge in [-0.05, 0) is 59.1 Å². The van der Waals surface area contributed by atoms with E-state index in [1.54, 1.807) is 20.2 Å². The summed E-state index contributed by atoms with van der Waals surface area (Å²) in [6.45, 7) is 7.89. The van der Waals surface area contributed by atoms with Gasteiger partial charge in [0.15, 0.2) is 0 Å². The minimum atomic E-state index is -0.396. The normalized spacial score (nSPS) is 15.1. The summed E-state index contributed by atoms with van der Waals surface area (Å²) >= 11 is 6.16. The number of aryl methyl sites for hydroxylation is 1. The van der Waals surface area contributed by atoms with Crippen LogP contribution in [0.3, 0.4) is 0 Å². The monoisotopic (exact) mass is 542 g/mol. The first-order valence-corrected chi connectivity index (χ1v) is 13.6. The van der Waals surface area contributed by atoms with Gasteiger partial charge < -0.3 is 9.64 Å². The molecule has 0 spiro atoms. The second-order valence-electron chi connectivity index (χ2n) is 9.47. The van der Waals surface area contributed by atoms with Crippen LogP contribution in [0.25, 0.3) is 0 Å². The minimum absolute atomic E-state index is 0.0823. The molecule has 0 N–H and O–H groups in total. The summed E-state index contributed by atoms with van der Waals surface area (Å²) in [6.07, 6.45) is -0.396. The summed E-state index contributed by atoms with van der Waals surface area (Å²) in [5.74, 6) is -0.170. The highest BCUT2D eigenvalue weighted by Gasteiger charge is 2.39. The summed E-state index contributed by atoms with van der Waals surface area (Å²) in [5, 5.41) is 1.49. The summed E-state index contributed by atoms with van der Waals surface area (Å²) in [5.41, 5.74) is 4.45. The molecule has 0 radical (unpaired) electrons. The van der Waals surface area contributed by atoms with Gasteiger partial charge in [0.25, 0.3) is 0 Å². The third-order valence-electron chi connectivity index (χ3n) is 6.57. The van der Waals surface area contributed by atoms with E-state index in [0.717, 1.165) is 24.0 Å². The number of amides is 1. The number of halogens is 2. The highest BCUT2D eigenvalue weighted by Crippen LogP contribution is 2.40. The lowest BCUT2D eigenvalue weighted by Crippen LogP contribution is -2.52. The van der Waals surface area contributed by atoms with Crippen LogP contribution in [-0.2, 0) is 4.74 Å². The summed E-state index contributed by atoms with van der Waals surface area (Å²) in [7, 11) is 5.87. The summed E-state index contributed by atoms with van der Waals surface area (Å²) in [6, 6.07) is 21.7. The van der Waals surface area contributed by atoms with Crippen molar-refractivity contribution in [3.05, 3.63) is 99.8 Å². The fourth-order valence-electron chi connectivity index (χ4n) is 4.67. The van der Waals surface area contributed by atoms with Crippen molar-refractivity contribution in [2.75, 3.05) is 33.8 Å². The van der Waals surface area contributed by atoms with E-state index in [9.17, 15) is 9.18 Å². The van der Waals surface area contributed by atoms with Gasteiger partial charge in [0.2, 0.25) is 0 Å². The summed E-state index contributed by atoms with van der Waals surface area (Å²) < 4.78 is 19.8. The first kappa shape index (κ1) is 29.1. The third-order valence-corrected chi connectivity index (χ3v) is 7.16. The fourth-order valence-corrected chi connectivity index (χ4v) is 5.14. The molecule has 1 saturated heterocycles. The average Bonchev–Trinajstić information content (AvgIpc) is 2.84. The lowest BCUT2D eigenvalue weighted by Gasteiger charge is -2.48. The van der Waals surface area contributed by atoms with Crippen molar-refractivity contribution in [2.24, 2.45) is 5.92 Å². The lowest BCUT2D eigenvalue weighted by atomic mass is 9.79. The molecule has 1 amide bonds. The van der Waals surface area contributed by atoms with Gasteiger partial charge in [-0.25, -0.2) is 9.18 Å². The van der Waals surface area contributed by atoms with Gasteiger partial charge in [-0.1, -0.05) is 73.5 Å². The quantitative estimate of drug-likeness (QED) is 0.307. The Morgan fingerprint density at radius 3 is 2.14 bits per heavy atom. The number of benzene rings is 3. The number of nitrogens with zero attached hydrogens (tertiary/aromatic N) is 2. The Hall–Kier alpha value is -2.46. The topological polar surface area (TPSA) is 32.8 Å². The maximum absolute atomic E-state index is 14.3. The predicted octanol–water partition coefficient (Wildman–Crippen LogP) is 6.82. The molecule has 0 bridgehead atoms. The molecule has 3 aromatic carbocycles. The Labute approximate surface area is 228 Å². The standard InChI is InChI=1S/C28H31ClFN2O2P.C2H6/c1-18-4-6-19(7-5-18)27(20-8-10-23(29)11-9-20)32-15-22(16-32)26(17-34-28(33)31(2)3)21-12-24(30)14-25(35)13-21;1-2/h4-14,22,26-27H,15-17,35H2,1-3H3;1-2H3. The number of rotatable bonds is 7. The van der Waals surface area contributed by atoms with Crippen LogP contribution >= 0.6 is 20.8 Å². The Kier molecular flexibility index (Phi) is 10.5. The average molecular weight is 543 g/mol. The molecule has 0 aromatic heterocycles. The van der Waals surface area contributed by atoms with E-state index in [2.05, 4.69) is 57.5 Å². The van der Waals surface area contributed by atoms with Gasteiger partial charge in [-0.15, -0.1) is 9.24 Å². The number of hydrogen-bond donors (Lipinski definition) is 0. The maximum Gasteiger partial charge on any atom is 0.409 e. The van der Waals surface area contributed by atoms with Crippen LogP contribution in [0, 0.1) is 18.7 Å². The number of carbonyl (C=O) groups is 1. The maximum atomic E-state index is 14.3. The van der Waals surface area contributed by atoms with E-state index in [1.165, 1.54) is 27.7 Å². The Balaban J connectivity index is 0.00000186. The van der Waals surface area contributed by atoms with Crippen LogP contribution in [0.15, 0.2) is 66.7 Å². The number of carbonyl (C=O) groups excluding carboxylic acids is 1. The van der Waals surface area contributed by atoms with Gasteiger partial charge in [0.1, 0.15) is 12.4 Å². The predicted molar refractivity (Wildman–Crippen MR) is 154 cm³/mol. The van der Waals surface area contributed by atoms with Crippen LogP contribution in [0.1, 0.15) is 48.1 Å². The van der Waals surface area contributed by atoms with Crippen molar-refractivity contribution in [3.8, 4) is 0 Å². The third kappa shape index (κ3) is 7.54. The zero-order chi connectivity index (χ0) is 27.1. The van der Waals surface area contributed by atoms with Crippen molar-refractivity contribution in [1.29, 1.82) is 0 Å². The molecule has 198 valence electrons. The van der Waals surface area contributed by atoms with Crippen LogP contribution in [0.2, 0.25) is 5.02 Å². The Bertz CT molecular complexity index is 1100. The van der Waals surface area contributed by atoms with E-state index >= 15 is 0 Å². The van der Waals surface area contributed by atoms with E-state index in [-0.39, 0.29) is 30.3 Å². The molecular formula is C30H37ClFN2O2P.